The largest absolute Gasteiger partial charge is 0.507 e. The molecule has 0 unspecified atom stereocenters. The van der Waals surface area contributed by atoms with Crippen LogP contribution in [0.1, 0.15) is 0 Å². The second kappa shape index (κ2) is 6.61. The first kappa shape index (κ1) is 17.1. The van der Waals surface area contributed by atoms with E-state index >= 15 is 0 Å². The lowest BCUT2D eigenvalue weighted by Crippen LogP contribution is -1.89. The maximum absolute atomic E-state index is 10.5. The quantitative estimate of drug-likeness (QED) is 0.337. The summed E-state index contributed by atoms with van der Waals surface area (Å²) in [5.41, 5.74) is 5.18. The summed E-state index contributed by atoms with van der Waals surface area (Å²) < 4.78 is 1.10. The lowest BCUT2D eigenvalue weighted by atomic mass is 10.0. The number of benzene rings is 3. The summed E-state index contributed by atoms with van der Waals surface area (Å²) in [6.45, 7) is 0. The van der Waals surface area contributed by atoms with Gasteiger partial charge in [0, 0.05) is 22.5 Å². The Kier molecular flexibility index (Phi) is 3.76. The van der Waals surface area contributed by atoms with Crippen LogP contribution < -0.4 is 0 Å². The van der Waals surface area contributed by atoms with Crippen molar-refractivity contribution >= 4 is 43.4 Å². The maximum Gasteiger partial charge on any atom is 0.128 e. The second-order valence-electron chi connectivity index (χ2n) is 7.13. The van der Waals surface area contributed by atoms with E-state index in [-0.39, 0.29) is 5.75 Å². The van der Waals surface area contributed by atoms with Crippen LogP contribution in [0.3, 0.4) is 0 Å². The fourth-order valence-electron chi connectivity index (χ4n) is 3.74. The van der Waals surface area contributed by atoms with Crippen LogP contribution in [0.25, 0.3) is 53.9 Å². The summed E-state index contributed by atoms with van der Waals surface area (Å²) in [6, 6.07) is 25.7. The topological polar surface area (TPSA) is 58.9 Å². The molecule has 3 aromatic heterocycles. The van der Waals surface area contributed by atoms with Gasteiger partial charge in [-0.3, -0.25) is 4.98 Å². The van der Waals surface area contributed by atoms with E-state index in [2.05, 4.69) is 23.2 Å². The van der Waals surface area contributed by atoms with Gasteiger partial charge in [0.15, 0.2) is 0 Å². The zero-order valence-electron chi connectivity index (χ0n) is 15.8. The molecule has 3 heterocycles. The number of hydrogen-bond acceptors (Lipinski definition) is 5. The van der Waals surface area contributed by atoms with Gasteiger partial charge in [-0.25, -0.2) is 9.97 Å². The zero-order chi connectivity index (χ0) is 20.1. The van der Waals surface area contributed by atoms with Gasteiger partial charge >= 0.3 is 0 Å². The molecule has 0 aliphatic carbocycles. The van der Waals surface area contributed by atoms with Crippen LogP contribution in [0.5, 0.6) is 5.75 Å². The summed E-state index contributed by atoms with van der Waals surface area (Å²) in [6.07, 6.45) is 1.79. The molecule has 142 valence electrons. The third kappa shape index (κ3) is 2.71. The molecule has 6 rings (SSSR count). The van der Waals surface area contributed by atoms with Crippen LogP contribution in [-0.4, -0.2) is 20.1 Å². The summed E-state index contributed by atoms with van der Waals surface area (Å²) in [4.78, 5) is 14.2. The number of phenols is 1. The number of rotatable bonds is 2. The van der Waals surface area contributed by atoms with E-state index in [0.29, 0.717) is 5.56 Å². The van der Waals surface area contributed by atoms with Crippen molar-refractivity contribution in [3.05, 3.63) is 85.1 Å². The molecular formula is C25H15N3OS. The molecule has 4 nitrogen and oxygen atoms in total. The number of pyridine rings is 2. The van der Waals surface area contributed by atoms with Gasteiger partial charge in [-0.1, -0.05) is 36.4 Å². The highest BCUT2D eigenvalue weighted by Crippen LogP contribution is 2.37. The standard InChI is InChI=1S/C25H15N3OS/c29-21-12-10-17(14-18(21)25-28-20-5-1-2-6-22(20)30-25)19-11-9-16-8-7-15-4-3-13-26-23(15)24(16)27-19/h1-14,29H. The van der Waals surface area contributed by atoms with Crippen molar-refractivity contribution in [2.45, 2.75) is 0 Å². The Bertz CT molecular complexity index is 1540. The van der Waals surface area contributed by atoms with Gasteiger partial charge in [0.2, 0.25) is 0 Å². The van der Waals surface area contributed by atoms with Crippen LogP contribution in [-0.2, 0) is 0 Å². The van der Waals surface area contributed by atoms with Crippen molar-refractivity contribution in [3.63, 3.8) is 0 Å². The summed E-state index contributed by atoms with van der Waals surface area (Å²) in [7, 11) is 0. The first-order chi connectivity index (χ1) is 14.8. The minimum atomic E-state index is 0.214. The number of fused-ring (bicyclic) bond motifs is 4. The molecule has 0 atom stereocenters. The molecule has 6 aromatic rings. The van der Waals surface area contributed by atoms with Gasteiger partial charge in [0.25, 0.3) is 0 Å². The number of hydrogen-bond donors (Lipinski definition) is 1. The Morgan fingerprint density at radius 2 is 1.57 bits per heavy atom. The third-order valence-corrected chi connectivity index (χ3v) is 6.32. The van der Waals surface area contributed by atoms with Crippen molar-refractivity contribution in [2.75, 3.05) is 0 Å². The van der Waals surface area contributed by atoms with Crippen LogP contribution >= 0.6 is 11.3 Å². The van der Waals surface area contributed by atoms with E-state index in [9.17, 15) is 5.11 Å². The van der Waals surface area contributed by atoms with Gasteiger partial charge in [-0.2, -0.15) is 0 Å². The van der Waals surface area contributed by atoms with E-state index in [1.54, 1.807) is 23.6 Å². The molecule has 0 bridgehead atoms. The minimum absolute atomic E-state index is 0.214. The van der Waals surface area contributed by atoms with Gasteiger partial charge in [-0.15, -0.1) is 11.3 Å². The number of nitrogens with zero attached hydrogens (tertiary/aromatic N) is 3. The van der Waals surface area contributed by atoms with Crippen molar-refractivity contribution in [2.24, 2.45) is 0 Å². The lowest BCUT2D eigenvalue weighted by molar-refractivity contribution is 0.477. The molecule has 0 amide bonds. The highest BCUT2D eigenvalue weighted by atomic mass is 32.1. The van der Waals surface area contributed by atoms with Crippen molar-refractivity contribution < 1.29 is 5.11 Å². The molecule has 30 heavy (non-hydrogen) atoms. The predicted molar refractivity (Wildman–Crippen MR) is 123 cm³/mol. The molecule has 5 heteroatoms. The maximum atomic E-state index is 10.5. The monoisotopic (exact) mass is 405 g/mol. The molecule has 0 fully saturated rings. The molecule has 1 N–H and O–H groups in total. The Balaban J connectivity index is 1.53. The third-order valence-electron chi connectivity index (χ3n) is 5.25. The molecular weight excluding hydrogens is 390 g/mol. The van der Waals surface area contributed by atoms with E-state index in [0.717, 1.165) is 48.3 Å². The Morgan fingerprint density at radius 3 is 2.47 bits per heavy atom. The summed E-state index contributed by atoms with van der Waals surface area (Å²) in [5.74, 6) is 0.214. The van der Waals surface area contributed by atoms with Gasteiger partial charge < -0.3 is 5.11 Å². The fraction of sp³-hybridized carbons (Fsp3) is 0. The van der Waals surface area contributed by atoms with Gasteiger partial charge in [-0.05, 0) is 42.5 Å². The van der Waals surface area contributed by atoms with Gasteiger partial charge in [0.05, 0.1) is 32.5 Å². The highest BCUT2D eigenvalue weighted by Gasteiger charge is 2.13. The number of para-hydroxylation sites is 1. The molecule has 0 saturated heterocycles. The fourth-order valence-corrected chi connectivity index (χ4v) is 4.73. The normalized spacial score (nSPS) is 11.5. The number of thiazole rings is 1. The highest BCUT2D eigenvalue weighted by molar-refractivity contribution is 7.21. The summed E-state index contributed by atoms with van der Waals surface area (Å²) in [5, 5.41) is 13.4. The van der Waals surface area contributed by atoms with Crippen molar-refractivity contribution in [3.8, 4) is 27.6 Å². The first-order valence-corrected chi connectivity index (χ1v) is 10.4. The zero-order valence-corrected chi connectivity index (χ0v) is 16.6. The summed E-state index contributed by atoms with van der Waals surface area (Å²) >= 11 is 1.57. The van der Waals surface area contributed by atoms with E-state index in [1.807, 2.05) is 54.6 Å². The smallest absolute Gasteiger partial charge is 0.128 e. The van der Waals surface area contributed by atoms with Crippen LogP contribution in [0, 0.1) is 0 Å². The second-order valence-corrected chi connectivity index (χ2v) is 8.16. The minimum Gasteiger partial charge on any atom is -0.507 e. The van der Waals surface area contributed by atoms with Gasteiger partial charge in [0.1, 0.15) is 10.8 Å². The number of phenolic OH excluding ortho intramolecular Hbond substituents is 1. The predicted octanol–water partition coefficient (Wildman–Crippen LogP) is 6.43. The number of aromatic hydroxyl groups is 1. The molecule has 0 aliphatic rings. The van der Waals surface area contributed by atoms with E-state index in [4.69, 9.17) is 9.97 Å². The lowest BCUT2D eigenvalue weighted by Gasteiger charge is -2.08. The van der Waals surface area contributed by atoms with E-state index < -0.39 is 0 Å². The molecule has 0 aliphatic heterocycles. The Labute approximate surface area is 176 Å². The first-order valence-electron chi connectivity index (χ1n) is 9.60. The SMILES string of the molecule is Oc1ccc(-c2ccc3ccc4cccnc4c3n2)cc1-c1nc2ccccc2s1. The van der Waals surface area contributed by atoms with Crippen molar-refractivity contribution in [1.82, 2.24) is 15.0 Å². The molecule has 0 saturated carbocycles. The Morgan fingerprint density at radius 1 is 0.733 bits per heavy atom. The van der Waals surface area contributed by atoms with Crippen molar-refractivity contribution in [1.29, 1.82) is 0 Å². The van der Waals surface area contributed by atoms with Crippen LogP contribution in [0.4, 0.5) is 0 Å². The molecule has 0 spiro atoms. The average molecular weight is 405 g/mol. The molecule has 0 radical (unpaired) electrons. The number of aromatic nitrogens is 3. The molecule has 3 aromatic carbocycles. The van der Waals surface area contributed by atoms with E-state index in [1.165, 1.54) is 0 Å². The van der Waals surface area contributed by atoms with Crippen LogP contribution in [0.15, 0.2) is 85.1 Å². The average Bonchev–Trinajstić information content (AvgIpc) is 3.23. The van der Waals surface area contributed by atoms with Crippen LogP contribution in [0.2, 0.25) is 0 Å². The Hall–Kier alpha value is -3.83.